The number of alkyl halides is 3. The number of anilines is 1. The van der Waals surface area contributed by atoms with Gasteiger partial charge in [-0.1, -0.05) is 0 Å². The van der Waals surface area contributed by atoms with Gasteiger partial charge in [0.15, 0.2) is 5.82 Å². The van der Waals surface area contributed by atoms with Crippen molar-refractivity contribution in [2.45, 2.75) is 25.3 Å². The molecule has 0 bridgehead atoms. The van der Waals surface area contributed by atoms with Crippen LogP contribution in [0.2, 0.25) is 0 Å². The molecule has 30 heavy (non-hydrogen) atoms. The number of hydrogen-bond acceptors (Lipinski definition) is 7. The number of hydrogen-bond donors (Lipinski definition) is 2. The lowest BCUT2D eigenvalue weighted by Crippen LogP contribution is -2.48. The van der Waals surface area contributed by atoms with Crippen molar-refractivity contribution in [2.24, 2.45) is 0 Å². The number of morpholine rings is 1. The minimum atomic E-state index is -4.56. The molecule has 1 aromatic carbocycles. The van der Waals surface area contributed by atoms with Gasteiger partial charge < -0.3 is 19.8 Å². The van der Waals surface area contributed by atoms with Gasteiger partial charge in [0.25, 0.3) is 0 Å². The predicted octanol–water partition coefficient (Wildman–Crippen LogP) is 3.00. The molecule has 2 atom stereocenters. The van der Waals surface area contributed by atoms with Crippen molar-refractivity contribution in [3.05, 3.63) is 42.1 Å². The van der Waals surface area contributed by atoms with Gasteiger partial charge in [-0.05, 0) is 37.3 Å². The van der Waals surface area contributed by atoms with Crippen LogP contribution in [0.3, 0.4) is 0 Å². The van der Waals surface area contributed by atoms with Crippen molar-refractivity contribution in [3.63, 3.8) is 0 Å². The molecule has 0 radical (unpaired) electrons. The van der Waals surface area contributed by atoms with Crippen molar-refractivity contribution in [1.29, 1.82) is 0 Å². The van der Waals surface area contributed by atoms with Crippen LogP contribution in [0.5, 0.6) is 5.75 Å². The summed E-state index contributed by atoms with van der Waals surface area (Å²) in [6.07, 6.45) is -3.51. The van der Waals surface area contributed by atoms with Crippen LogP contribution < -0.4 is 4.90 Å². The lowest BCUT2D eigenvalue weighted by molar-refractivity contribution is -0.137. The van der Waals surface area contributed by atoms with Gasteiger partial charge in [0.05, 0.1) is 24.4 Å². The summed E-state index contributed by atoms with van der Waals surface area (Å²) in [4.78, 5) is 6.31. The molecule has 0 spiro atoms. The van der Waals surface area contributed by atoms with Gasteiger partial charge in [0.1, 0.15) is 17.0 Å². The van der Waals surface area contributed by atoms with E-state index in [2.05, 4.69) is 15.2 Å². The molecule has 1 saturated heterocycles. The zero-order valence-corrected chi connectivity index (χ0v) is 16.0. The Morgan fingerprint density at radius 3 is 2.70 bits per heavy atom. The van der Waals surface area contributed by atoms with Crippen LogP contribution in [0.1, 0.15) is 12.5 Å². The van der Waals surface area contributed by atoms with Crippen molar-refractivity contribution in [3.8, 4) is 17.0 Å². The van der Waals surface area contributed by atoms with Crippen molar-refractivity contribution < 1.29 is 28.1 Å². The summed E-state index contributed by atoms with van der Waals surface area (Å²) in [5.74, 6) is -0.0632. The minimum Gasteiger partial charge on any atom is -0.507 e. The summed E-state index contributed by atoms with van der Waals surface area (Å²) in [6, 6.07) is 6.13. The van der Waals surface area contributed by atoms with E-state index in [4.69, 9.17) is 4.74 Å². The van der Waals surface area contributed by atoms with Crippen molar-refractivity contribution in [2.75, 3.05) is 24.6 Å². The van der Waals surface area contributed by atoms with Crippen LogP contribution in [-0.2, 0) is 10.9 Å². The highest BCUT2D eigenvalue weighted by molar-refractivity contribution is 5.98. The Balaban J connectivity index is 1.81. The van der Waals surface area contributed by atoms with Crippen LogP contribution in [0.4, 0.5) is 19.0 Å². The Morgan fingerprint density at radius 2 is 2.00 bits per heavy atom. The standard InChI is InChI=1S/C20H19F3N4O3/c1-11-8-27(9-13(10-28)30-11)19-18-15(3-2-6-24-18)17(25-26-19)14-5-4-12(7-16(14)29)20(21,22)23/h2-7,11,13,28-29H,8-10H2,1H3/t11-,13-/m0/s1. The Morgan fingerprint density at radius 1 is 1.20 bits per heavy atom. The Hall–Kier alpha value is -2.98. The van der Waals surface area contributed by atoms with E-state index >= 15 is 0 Å². The normalized spacial score (nSPS) is 20.0. The maximum absolute atomic E-state index is 12.9. The molecule has 0 amide bonds. The first-order chi connectivity index (χ1) is 14.3. The first-order valence-corrected chi connectivity index (χ1v) is 9.31. The van der Waals surface area contributed by atoms with E-state index in [-0.39, 0.29) is 30.1 Å². The fourth-order valence-corrected chi connectivity index (χ4v) is 3.61. The van der Waals surface area contributed by atoms with Crippen LogP contribution >= 0.6 is 0 Å². The fourth-order valence-electron chi connectivity index (χ4n) is 3.61. The van der Waals surface area contributed by atoms with E-state index < -0.39 is 17.5 Å². The van der Waals surface area contributed by atoms with Gasteiger partial charge >= 0.3 is 6.18 Å². The van der Waals surface area contributed by atoms with Crippen LogP contribution in [-0.4, -0.2) is 57.3 Å². The third-order valence-electron chi connectivity index (χ3n) is 4.93. The summed E-state index contributed by atoms with van der Waals surface area (Å²) in [5.41, 5.74) is -0.0996. The number of phenolic OH excluding ortho intramolecular Hbond substituents is 1. The second-order valence-corrected chi connectivity index (χ2v) is 7.16. The number of halogens is 3. The number of phenols is 1. The van der Waals surface area contributed by atoms with Gasteiger partial charge in [-0.3, -0.25) is 4.98 Å². The quantitative estimate of drug-likeness (QED) is 0.673. The number of aromatic nitrogens is 3. The molecule has 7 nitrogen and oxygen atoms in total. The Kier molecular flexibility index (Phi) is 5.20. The molecule has 0 aliphatic carbocycles. The average molecular weight is 420 g/mol. The SMILES string of the molecule is C[C@H]1CN(c2nnc(-c3ccc(C(F)(F)F)cc3O)c3cccnc23)C[C@@H](CO)O1. The van der Waals surface area contributed by atoms with Gasteiger partial charge in [-0.25, -0.2) is 0 Å². The highest BCUT2D eigenvalue weighted by atomic mass is 19.4. The highest BCUT2D eigenvalue weighted by Gasteiger charge is 2.32. The molecular weight excluding hydrogens is 401 g/mol. The van der Waals surface area contributed by atoms with E-state index in [1.165, 1.54) is 6.07 Å². The number of aliphatic hydroxyl groups is 1. The maximum Gasteiger partial charge on any atom is 0.416 e. The molecule has 3 heterocycles. The lowest BCUT2D eigenvalue weighted by atomic mass is 10.0. The maximum atomic E-state index is 12.9. The van der Waals surface area contributed by atoms with E-state index in [9.17, 15) is 23.4 Å². The fraction of sp³-hybridized carbons (Fsp3) is 0.350. The lowest BCUT2D eigenvalue weighted by Gasteiger charge is -2.36. The predicted molar refractivity (Wildman–Crippen MR) is 103 cm³/mol. The average Bonchev–Trinajstić information content (AvgIpc) is 2.72. The molecule has 4 rings (SSSR count). The molecule has 2 N–H and O–H groups in total. The minimum absolute atomic E-state index is 0.128. The summed E-state index contributed by atoms with van der Waals surface area (Å²) < 4.78 is 44.4. The zero-order valence-electron chi connectivity index (χ0n) is 16.0. The van der Waals surface area contributed by atoms with Gasteiger partial charge in [-0.15, -0.1) is 10.2 Å². The first-order valence-electron chi connectivity index (χ1n) is 9.31. The molecule has 1 fully saturated rings. The number of benzene rings is 1. The molecule has 3 aromatic rings. The van der Waals surface area contributed by atoms with Gasteiger partial charge in [-0.2, -0.15) is 13.2 Å². The van der Waals surface area contributed by atoms with E-state index in [1.54, 1.807) is 18.3 Å². The number of aromatic hydroxyl groups is 1. The number of fused-ring (bicyclic) bond motifs is 1. The number of nitrogens with zero attached hydrogens (tertiary/aromatic N) is 4. The molecule has 0 saturated carbocycles. The van der Waals surface area contributed by atoms with E-state index in [1.807, 2.05) is 11.8 Å². The second-order valence-electron chi connectivity index (χ2n) is 7.16. The molecule has 1 aliphatic rings. The molecule has 158 valence electrons. The number of aliphatic hydroxyl groups excluding tert-OH is 1. The third kappa shape index (κ3) is 3.75. The number of pyridine rings is 1. The van der Waals surface area contributed by atoms with Gasteiger partial charge in [0.2, 0.25) is 0 Å². The summed E-state index contributed by atoms with van der Waals surface area (Å²) in [6.45, 7) is 2.65. The molecule has 10 heteroatoms. The largest absolute Gasteiger partial charge is 0.507 e. The van der Waals surface area contributed by atoms with Crippen LogP contribution in [0.25, 0.3) is 22.2 Å². The number of ether oxygens (including phenoxy) is 1. The van der Waals surface area contributed by atoms with E-state index in [0.29, 0.717) is 35.9 Å². The third-order valence-corrected chi connectivity index (χ3v) is 4.93. The molecule has 0 unspecified atom stereocenters. The summed E-state index contributed by atoms with van der Waals surface area (Å²) >= 11 is 0. The van der Waals surface area contributed by atoms with Crippen LogP contribution in [0, 0.1) is 0 Å². The highest BCUT2D eigenvalue weighted by Crippen LogP contribution is 2.38. The topological polar surface area (TPSA) is 91.6 Å². The Bertz CT molecular complexity index is 1080. The molecule has 2 aromatic heterocycles. The zero-order chi connectivity index (χ0) is 21.5. The summed E-state index contributed by atoms with van der Waals surface area (Å²) in [7, 11) is 0. The Labute approximate surface area is 169 Å². The van der Waals surface area contributed by atoms with Crippen molar-refractivity contribution in [1.82, 2.24) is 15.2 Å². The second kappa shape index (κ2) is 7.69. The monoisotopic (exact) mass is 420 g/mol. The first kappa shape index (κ1) is 20.3. The number of rotatable bonds is 3. The van der Waals surface area contributed by atoms with Crippen LogP contribution in [0.15, 0.2) is 36.5 Å². The molecular formula is C20H19F3N4O3. The smallest absolute Gasteiger partial charge is 0.416 e. The van der Waals surface area contributed by atoms with E-state index in [0.717, 1.165) is 6.07 Å². The summed E-state index contributed by atoms with van der Waals surface area (Å²) in [5, 5.41) is 28.7. The molecule has 1 aliphatic heterocycles. The van der Waals surface area contributed by atoms with Crippen molar-refractivity contribution >= 4 is 16.7 Å². The van der Waals surface area contributed by atoms with Gasteiger partial charge in [0, 0.05) is 30.2 Å².